The summed E-state index contributed by atoms with van der Waals surface area (Å²) in [6.45, 7) is 10.2. The van der Waals surface area contributed by atoms with Crippen LogP contribution in [0, 0.1) is 17.3 Å². The standard InChI is InChI=1S/C38H45BF3N5O5/c1-6-29(39-51-31-26-17-25(35(26,2)3)18-37(31,5)52-39)45-32(49)28-19-36(4,46-30(48)16-22-11-8-7-9-12-22)34-44-21-27(33(50)47(28)34)43-20-23-13-10-14-24(15-23)38(40,41)42/h7-15,21,25-26,28-29,31,43H,6,16-20H2,1-5H3,(H,45,49)(H,46,48)/t25?,26?,28-,29-,31?,36+,37-/m0/s1. The van der Waals surface area contributed by atoms with Crippen molar-refractivity contribution in [3.63, 3.8) is 0 Å². The number of alkyl halides is 3. The van der Waals surface area contributed by atoms with Gasteiger partial charge in [-0.2, -0.15) is 13.2 Å². The third-order valence-electron chi connectivity index (χ3n) is 12.0. The summed E-state index contributed by atoms with van der Waals surface area (Å²) in [5.41, 5.74) is -1.75. The Morgan fingerprint density at radius 2 is 1.79 bits per heavy atom. The fraction of sp³-hybridized carbons (Fsp3) is 0.526. The van der Waals surface area contributed by atoms with Crippen LogP contribution in [-0.2, 0) is 43.6 Å². The first-order chi connectivity index (χ1) is 24.5. The van der Waals surface area contributed by atoms with E-state index in [0.29, 0.717) is 23.8 Å². The highest BCUT2D eigenvalue weighted by Gasteiger charge is 2.67. The molecule has 3 aromatic rings. The van der Waals surface area contributed by atoms with Crippen LogP contribution in [0.1, 0.15) is 88.9 Å². The molecular formula is C38H45BF3N5O5. The molecule has 2 amide bonds. The number of carbonyl (C=O) groups excluding carboxylic acids is 2. The zero-order valence-corrected chi connectivity index (χ0v) is 30.0. The highest BCUT2D eigenvalue weighted by Crippen LogP contribution is 2.64. The molecule has 2 bridgehead atoms. The predicted molar refractivity (Wildman–Crippen MR) is 189 cm³/mol. The van der Waals surface area contributed by atoms with E-state index in [1.165, 1.54) is 22.9 Å². The molecule has 10 nitrogen and oxygen atoms in total. The van der Waals surface area contributed by atoms with Crippen molar-refractivity contribution in [2.45, 2.75) is 109 Å². The predicted octanol–water partition coefficient (Wildman–Crippen LogP) is 5.56. The Balaban J connectivity index is 1.14. The fourth-order valence-electron chi connectivity index (χ4n) is 8.92. The second kappa shape index (κ2) is 13.0. The number of hydrogen-bond acceptors (Lipinski definition) is 7. The van der Waals surface area contributed by atoms with Crippen molar-refractivity contribution in [1.29, 1.82) is 0 Å². The number of halogens is 3. The molecule has 52 heavy (non-hydrogen) atoms. The van der Waals surface area contributed by atoms with E-state index in [2.05, 4.69) is 41.7 Å². The van der Waals surface area contributed by atoms with Gasteiger partial charge < -0.3 is 25.3 Å². The lowest BCUT2D eigenvalue weighted by Gasteiger charge is -2.63. The van der Waals surface area contributed by atoms with Crippen molar-refractivity contribution in [2.75, 3.05) is 5.32 Å². The summed E-state index contributed by atoms with van der Waals surface area (Å²) in [7, 11) is -0.674. The average molecular weight is 720 g/mol. The maximum atomic E-state index is 14.3. The Morgan fingerprint density at radius 3 is 2.48 bits per heavy atom. The molecule has 3 heterocycles. The molecule has 276 valence electrons. The Morgan fingerprint density at radius 1 is 1.06 bits per heavy atom. The molecule has 3 unspecified atom stereocenters. The first-order valence-electron chi connectivity index (χ1n) is 18.0. The van der Waals surface area contributed by atoms with Crippen LogP contribution in [0.3, 0.4) is 0 Å². The van der Waals surface area contributed by atoms with E-state index < -0.39 is 53.4 Å². The number of amides is 2. The summed E-state index contributed by atoms with van der Waals surface area (Å²) >= 11 is 0. The highest BCUT2D eigenvalue weighted by atomic mass is 19.4. The molecule has 1 aromatic heterocycles. The van der Waals surface area contributed by atoms with Gasteiger partial charge in [-0.1, -0.05) is 63.2 Å². The maximum absolute atomic E-state index is 14.3. The summed E-state index contributed by atoms with van der Waals surface area (Å²) < 4.78 is 54.5. The summed E-state index contributed by atoms with van der Waals surface area (Å²) in [6, 6.07) is 13.0. The number of anilines is 1. The molecule has 14 heteroatoms. The summed E-state index contributed by atoms with van der Waals surface area (Å²) in [5.74, 6) is -0.155. The van der Waals surface area contributed by atoms with Gasteiger partial charge in [-0.3, -0.25) is 19.0 Å². The van der Waals surface area contributed by atoms with Gasteiger partial charge in [-0.15, -0.1) is 0 Å². The number of aromatic nitrogens is 2. The Bertz CT molecular complexity index is 1920. The van der Waals surface area contributed by atoms with E-state index in [-0.39, 0.29) is 48.3 Å². The Hall–Kier alpha value is -4.17. The normalized spacial score (nSPS) is 29.0. The lowest BCUT2D eigenvalue weighted by molar-refractivity contribution is -0.185. The first-order valence-corrected chi connectivity index (χ1v) is 18.0. The molecule has 8 rings (SSSR count). The van der Waals surface area contributed by atoms with Crippen LogP contribution in [0.25, 0.3) is 0 Å². The van der Waals surface area contributed by atoms with Crippen molar-refractivity contribution >= 4 is 24.6 Å². The summed E-state index contributed by atoms with van der Waals surface area (Å²) in [6.07, 6.45) is -0.688. The van der Waals surface area contributed by atoms with Gasteiger partial charge in [0.15, 0.2) is 0 Å². The molecule has 5 aliphatic rings. The van der Waals surface area contributed by atoms with Crippen LogP contribution in [0.15, 0.2) is 65.6 Å². The molecule has 0 spiro atoms. The van der Waals surface area contributed by atoms with E-state index in [4.69, 9.17) is 9.31 Å². The van der Waals surface area contributed by atoms with Gasteiger partial charge in [0.25, 0.3) is 5.56 Å². The van der Waals surface area contributed by atoms with Gasteiger partial charge in [0.05, 0.1) is 41.4 Å². The number of rotatable bonds is 10. The van der Waals surface area contributed by atoms with Crippen LogP contribution in [0.2, 0.25) is 0 Å². The molecule has 1 saturated heterocycles. The lowest BCUT2D eigenvalue weighted by atomic mass is 9.45. The van der Waals surface area contributed by atoms with Crippen LogP contribution < -0.4 is 21.5 Å². The molecule has 4 fully saturated rings. The lowest BCUT2D eigenvalue weighted by Crippen LogP contribution is -2.63. The summed E-state index contributed by atoms with van der Waals surface area (Å²) in [4.78, 5) is 46.4. The number of nitrogens with zero attached hydrogens (tertiary/aromatic N) is 2. The molecule has 3 aliphatic carbocycles. The second-order valence-corrected chi connectivity index (χ2v) is 15.9. The topological polar surface area (TPSA) is 124 Å². The zero-order chi connectivity index (χ0) is 37.2. The van der Waals surface area contributed by atoms with Crippen molar-refractivity contribution in [3.05, 3.63) is 93.7 Å². The van der Waals surface area contributed by atoms with Crippen molar-refractivity contribution in [3.8, 4) is 0 Å². The minimum Gasteiger partial charge on any atom is -0.404 e. The van der Waals surface area contributed by atoms with Gasteiger partial charge in [-0.05, 0) is 73.6 Å². The molecule has 0 radical (unpaired) electrons. The number of nitrogens with one attached hydrogen (secondary N) is 3. The molecule has 3 saturated carbocycles. The Kier molecular flexibility index (Phi) is 9.09. The average Bonchev–Trinajstić information content (AvgIpc) is 3.61. The van der Waals surface area contributed by atoms with Crippen molar-refractivity contribution in [2.24, 2.45) is 17.3 Å². The molecule has 7 atom stereocenters. The Labute approximate surface area is 301 Å². The highest BCUT2D eigenvalue weighted by molar-refractivity contribution is 6.47. The second-order valence-electron chi connectivity index (χ2n) is 15.9. The van der Waals surface area contributed by atoms with Gasteiger partial charge in [0.1, 0.15) is 17.6 Å². The summed E-state index contributed by atoms with van der Waals surface area (Å²) in [5, 5.41) is 9.06. The molecular weight excluding hydrogens is 674 g/mol. The third kappa shape index (κ3) is 6.42. The molecule has 2 aromatic carbocycles. The van der Waals surface area contributed by atoms with Gasteiger partial charge >= 0.3 is 13.3 Å². The minimum absolute atomic E-state index is 0.00641. The minimum atomic E-state index is -4.52. The third-order valence-corrected chi connectivity index (χ3v) is 12.0. The van der Waals surface area contributed by atoms with E-state index in [1.54, 1.807) is 6.92 Å². The van der Waals surface area contributed by atoms with Crippen LogP contribution in [-0.4, -0.2) is 46.1 Å². The van der Waals surface area contributed by atoms with Gasteiger partial charge in [0.2, 0.25) is 11.8 Å². The van der Waals surface area contributed by atoms with E-state index in [0.717, 1.165) is 30.5 Å². The largest absolute Gasteiger partial charge is 0.481 e. The van der Waals surface area contributed by atoms with E-state index in [1.807, 2.05) is 37.3 Å². The van der Waals surface area contributed by atoms with Crippen molar-refractivity contribution < 1.29 is 32.1 Å². The maximum Gasteiger partial charge on any atom is 0.481 e. The van der Waals surface area contributed by atoms with Crippen LogP contribution >= 0.6 is 0 Å². The van der Waals surface area contributed by atoms with Crippen molar-refractivity contribution in [1.82, 2.24) is 20.2 Å². The van der Waals surface area contributed by atoms with Crippen LogP contribution in [0.5, 0.6) is 0 Å². The number of fused-ring (bicyclic) bond motifs is 1. The first kappa shape index (κ1) is 36.2. The monoisotopic (exact) mass is 719 g/mol. The van der Waals surface area contributed by atoms with Gasteiger partial charge in [0, 0.05) is 13.0 Å². The fourth-order valence-corrected chi connectivity index (χ4v) is 8.92. The van der Waals surface area contributed by atoms with Gasteiger partial charge in [-0.25, -0.2) is 4.98 Å². The van der Waals surface area contributed by atoms with Crippen LogP contribution in [0.4, 0.5) is 18.9 Å². The number of hydrogen-bond donors (Lipinski definition) is 3. The smallest absolute Gasteiger partial charge is 0.404 e. The number of carbonyl (C=O) groups is 2. The molecule has 2 aliphatic heterocycles. The van der Waals surface area contributed by atoms with E-state index >= 15 is 0 Å². The SMILES string of the molecule is CC[C@H](NC(=O)[C@@H]1C[C@@](C)(NC(=O)Cc2ccccc2)c2ncc(NCc3cccc(C(F)(F)F)c3)c(=O)n21)B1OC2C3CC(C[C@]2(C)O1)C3(C)C. The molecule has 3 N–H and O–H groups in total. The number of benzene rings is 2. The quantitative estimate of drug-likeness (QED) is 0.235. The van der Waals surface area contributed by atoms with E-state index in [9.17, 15) is 27.6 Å². The zero-order valence-electron chi connectivity index (χ0n) is 30.0.